The summed E-state index contributed by atoms with van der Waals surface area (Å²) < 4.78 is 4.56. The van der Waals surface area contributed by atoms with E-state index in [0.717, 1.165) is 4.90 Å². The third-order valence-electron chi connectivity index (χ3n) is 3.00. The van der Waals surface area contributed by atoms with Gasteiger partial charge in [-0.3, -0.25) is 9.59 Å². The number of esters is 1. The van der Waals surface area contributed by atoms with E-state index in [4.69, 9.17) is 0 Å². The van der Waals surface area contributed by atoms with Crippen molar-refractivity contribution in [1.82, 2.24) is 4.90 Å². The second kappa shape index (κ2) is 7.94. The Morgan fingerprint density at radius 3 is 2.65 bits per heavy atom. The average molecular weight is 295 g/mol. The highest BCUT2D eigenvalue weighted by Crippen LogP contribution is 2.23. The Morgan fingerprint density at radius 1 is 1.30 bits per heavy atom. The number of ether oxygens (including phenoxy) is 1. The molecule has 20 heavy (non-hydrogen) atoms. The van der Waals surface area contributed by atoms with Gasteiger partial charge in [-0.25, -0.2) is 0 Å². The minimum absolute atomic E-state index is 0.0137. The summed E-state index contributed by atoms with van der Waals surface area (Å²) in [6, 6.07) is 6.20. The van der Waals surface area contributed by atoms with Crippen LogP contribution in [0.15, 0.2) is 23.1 Å². The monoisotopic (exact) mass is 295 g/mol. The average Bonchev–Trinajstić information content (AvgIpc) is 2.44. The van der Waals surface area contributed by atoms with E-state index < -0.39 is 0 Å². The summed E-state index contributed by atoms with van der Waals surface area (Å²) in [5, 5.41) is 0. The van der Waals surface area contributed by atoms with Crippen molar-refractivity contribution in [2.24, 2.45) is 0 Å². The zero-order valence-corrected chi connectivity index (χ0v) is 13.3. The van der Waals surface area contributed by atoms with Crippen molar-refractivity contribution in [3.63, 3.8) is 0 Å². The predicted molar refractivity (Wildman–Crippen MR) is 80.9 cm³/mol. The van der Waals surface area contributed by atoms with Gasteiger partial charge in [-0.2, -0.15) is 0 Å². The number of amides is 1. The SMILES string of the molecule is COC(=O)CCN(C)C(=O)CSc1cc(C)ccc1C. The first-order chi connectivity index (χ1) is 9.43. The molecular weight excluding hydrogens is 274 g/mol. The molecule has 0 N–H and O–H groups in total. The maximum absolute atomic E-state index is 12.0. The van der Waals surface area contributed by atoms with Gasteiger partial charge in [-0.1, -0.05) is 17.7 Å². The van der Waals surface area contributed by atoms with E-state index in [1.165, 1.54) is 30.0 Å². The lowest BCUT2D eigenvalue weighted by Crippen LogP contribution is -2.30. The number of hydrogen-bond acceptors (Lipinski definition) is 4. The zero-order chi connectivity index (χ0) is 15.1. The smallest absolute Gasteiger partial charge is 0.307 e. The number of rotatable bonds is 6. The molecule has 0 unspecified atom stereocenters. The van der Waals surface area contributed by atoms with Gasteiger partial charge in [0.1, 0.15) is 0 Å². The van der Waals surface area contributed by atoms with Crippen LogP contribution in [0.5, 0.6) is 0 Å². The molecule has 0 heterocycles. The van der Waals surface area contributed by atoms with Crippen LogP contribution < -0.4 is 0 Å². The van der Waals surface area contributed by atoms with E-state index in [1.54, 1.807) is 11.9 Å². The predicted octanol–water partition coefficient (Wildman–Crippen LogP) is 2.42. The Bertz CT molecular complexity index is 488. The molecule has 110 valence electrons. The maximum atomic E-state index is 12.0. The summed E-state index contributed by atoms with van der Waals surface area (Å²) in [6.07, 6.45) is 0.229. The highest BCUT2D eigenvalue weighted by atomic mass is 32.2. The lowest BCUT2D eigenvalue weighted by atomic mass is 10.2. The standard InChI is InChI=1S/C15H21NO3S/c1-11-5-6-12(2)13(9-11)20-10-14(17)16(3)8-7-15(18)19-4/h5-6,9H,7-8,10H2,1-4H3. The van der Waals surface area contributed by atoms with Crippen LogP contribution in [0.1, 0.15) is 17.5 Å². The van der Waals surface area contributed by atoms with Gasteiger partial charge < -0.3 is 9.64 Å². The minimum atomic E-state index is -0.299. The zero-order valence-electron chi connectivity index (χ0n) is 12.4. The Balaban J connectivity index is 2.46. The molecule has 0 aromatic heterocycles. The third-order valence-corrected chi connectivity index (χ3v) is 4.14. The van der Waals surface area contributed by atoms with E-state index in [0.29, 0.717) is 12.3 Å². The molecule has 1 rings (SSSR count). The van der Waals surface area contributed by atoms with Crippen molar-refractivity contribution in [2.45, 2.75) is 25.2 Å². The van der Waals surface area contributed by atoms with Gasteiger partial charge in [0.25, 0.3) is 0 Å². The Kier molecular flexibility index (Phi) is 6.58. The van der Waals surface area contributed by atoms with Gasteiger partial charge in [0.2, 0.25) is 5.91 Å². The molecule has 0 aliphatic carbocycles. The number of carbonyl (C=O) groups excluding carboxylic acids is 2. The molecule has 1 aromatic rings. The summed E-state index contributed by atoms with van der Waals surface area (Å²) >= 11 is 1.53. The van der Waals surface area contributed by atoms with E-state index >= 15 is 0 Å². The molecule has 0 fully saturated rings. The van der Waals surface area contributed by atoms with Gasteiger partial charge in [-0.05, 0) is 25.5 Å². The van der Waals surface area contributed by atoms with Crippen molar-refractivity contribution in [2.75, 3.05) is 26.5 Å². The second-order valence-electron chi connectivity index (χ2n) is 4.70. The summed E-state index contributed by atoms with van der Waals surface area (Å²) in [4.78, 5) is 25.7. The number of hydrogen-bond donors (Lipinski definition) is 0. The molecule has 1 aromatic carbocycles. The highest BCUT2D eigenvalue weighted by molar-refractivity contribution is 8.00. The van der Waals surface area contributed by atoms with Crippen molar-refractivity contribution >= 4 is 23.6 Å². The van der Waals surface area contributed by atoms with E-state index in [1.807, 2.05) is 13.8 Å². The molecule has 4 nitrogen and oxygen atoms in total. The molecule has 0 bridgehead atoms. The first-order valence-electron chi connectivity index (χ1n) is 6.45. The van der Waals surface area contributed by atoms with E-state index in [9.17, 15) is 9.59 Å². The van der Waals surface area contributed by atoms with Crippen LogP contribution in [0.4, 0.5) is 0 Å². The van der Waals surface area contributed by atoms with Crippen molar-refractivity contribution in [3.8, 4) is 0 Å². The fraction of sp³-hybridized carbons (Fsp3) is 0.467. The van der Waals surface area contributed by atoms with Crippen LogP contribution in [0.3, 0.4) is 0 Å². The van der Waals surface area contributed by atoms with Crippen LogP contribution in [0.2, 0.25) is 0 Å². The number of methoxy groups -OCH3 is 1. The Labute approximate surface area is 124 Å². The van der Waals surface area contributed by atoms with Gasteiger partial charge in [0, 0.05) is 18.5 Å². The molecule has 0 saturated heterocycles. The highest BCUT2D eigenvalue weighted by Gasteiger charge is 2.12. The number of nitrogens with zero attached hydrogens (tertiary/aromatic N) is 1. The van der Waals surface area contributed by atoms with Crippen molar-refractivity contribution < 1.29 is 14.3 Å². The van der Waals surface area contributed by atoms with Crippen LogP contribution in [-0.2, 0) is 14.3 Å². The number of carbonyl (C=O) groups is 2. The summed E-state index contributed by atoms with van der Waals surface area (Å²) in [6.45, 7) is 4.46. The molecule has 5 heteroatoms. The lowest BCUT2D eigenvalue weighted by Gasteiger charge is -2.16. The molecular formula is C15H21NO3S. The van der Waals surface area contributed by atoms with E-state index in [2.05, 4.69) is 22.9 Å². The Morgan fingerprint density at radius 2 is 2.00 bits per heavy atom. The van der Waals surface area contributed by atoms with Crippen molar-refractivity contribution in [3.05, 3.63) is 29.3 Å². The Hall–Kier alpha value is -1.49. The second-order valence-corrected chi connectivity index (χ2v) is 5.72. The number of thioether (sulfide) groups is 1. The maximum Gasteiger partial charge on any atom is 0.307 e. The summed E-state index contributed by atoms with van der Waals surface area (Å²) in [7, 11) is 3.05. The molecule has 0 aliphatic rings. The molecule has 0 aliphatic heterocycles. The summed E-state index contributed by atoms with van der Waals surface area (Å²) in [5.74, 6) is 0.0914. The molecule has 0 atom stereocenters. The largest absolute Gasteiger partial charge is 0.469 e. The van der Waals surface area contributed by atoms with Crippen LogP contribution in [0, 0.1) is 13.8 Å². The molecule has 1 amide bonds. The first kappa shape index (κ1) is 16.6. The summed E-state index contributed by atoms with van der Waals surface area (Å²) in [5.41, 5.74) is 2.36. The quantitative estimate of drug-likeness (QED) is 0.597. The molecule has 0 radical (unpaired) electrons. The van der Waals surface area contributed by atoms with Crippen LogP contribution >= 0.6 is 11.8 Å². The number of aryl methyl sites for hydroxylation is 2. The molecule has 0 saturated carbocycles. The van der Waals surface area contributed by atoms with Crippen molar-refractivity contribution in [1.29, 1.82) is 0 Å². The third kappa shape index (κ3) is 5.25. The van der Waals surface area contributed by atoms with Crippen LogP contribution in [-0.4, -0.2) is 43.2 Å². The lowest BCUT2D eigenvalue weighted by molar-refractivity contribution is -0.141. The van der Waals surface area contributed by atoms with Gasteiger partial charge in [0.15, 0.2) is 0 Å². The normalized spacial score (nSPS) is 10.2. The minimum Gasteiger partial charge on any atom is -0.469 e. The fourth-order valence-corrected chi connectivity index (χ4v) is 2.66. The fourth-order valence-electron chi connectivity index (χ4n) is 1.60. The first-order valence-corrected chi connectivity index (χ1v) is 7.43. The van der Waals surface area contributed by atoms with E-state index in [-0.39, 0.29) is 18.3 Å². The topological polar surface area (TPSA) is 46.6 Å². The van der Waals surface area contributed by atoms with Gasteiger partial charge >= 0.3 is 5.97 Å². The van der Waals surface area contributed by atoms with Gasteiger partial charge in [-0.15, -0.1) is 11.8 Å². The molecule has 0 spiro atoms. The van der Waals surface area contributed by atoms with Crippen LogP contribution in [0.25, 0.3) is 0 Å². The number of benzene rings is 1. The van der Waals surface area contributed by atoms with Gasteiger partial charge in [0.05, 0.1) is 19.3 Å².